The summed E-state index contributed by atoms with van der Waals surface area (Å²) in [4.78, 5) is 12.1. The van der Waals surface area contributed by atoms with Crippen LogP contribution in [-0.2, 0) is 0 Å². The average Bonchev–Trinajstić information content (AvgIpc) is 2.56. The monoisotopic (exact) mass is 342 g/mol. The van der Waals surface area contributed by atoms with Crippen LogP contribution in [0.1, 0.15) is 35.8 Å². The van der Waals surface area contributed by atoms with Crippen molar-refractivity contribution in [3.8, 4) is 0 Å². The number of anilines is 2. The van der Waals surface area contributed by atoms with E-state index in [0.29, 0.717) is 6.54 Å². The molecule has 1 aromatic heterocycles. The Bertz CT molecular complexity index is 739. The Labute approximate surface area is 135 Å². The quantitative estimate of drug-likeness (QED) is 0.785. The smallest absolute Gasteiger partial charge is 0.282 e. The molecule has 2 N–H and O–H groups in total. The molecular formula is C15H14F4N4O. The molecule has 24 heavy (non-hydrogen) atoms. The zero-order valence-electron chi connectivity index (χ0n) is 12.6. The van der Waals surface area contributed by atoms with Gasteiger partial charge in [-0.3, -0.25) is 4.79 Å². The van der Waals surface area contributed by atoms with Crippen molar-refractivity contribution >= 4 is 17.3 Å². The van der Waals surface area contributed by atoms with Gasteiger partial charge in [-0.2, -0.15) is 5.10 Å². The Morgan fingerprint density at radius 2 is 1.83 bits per heavy atom. The summed E-state index contributed by atoms with van der Waals surface area (Å²) in [6.07, 6.45) is -1.16. The molecule has 9 heteroatoms. The number of rotatable bonds is 6. The molecule has 0 radical (unpaired) electrons. The highest BCUT2D eigenvalue weighted by Gasteiger charge is 2.16. The Kier molecular flexibility index (Phi) is 5.67. The Hall–Kier alpha value is -2.71. The van der Waals surface area contributed by atoms with E-state index in [-0.39, 0.29) is 16.9 Å². The van der Waals surface area contributed by atoms with Gasteiger partial charge in [0, 0.05) is 18.7 Å². The number of nitrogens with one attached hydrogen (secondary N) is 2. The van der Waals surface area contributed by atoms with Crippen molar-refractivity contribution < 1.29 is 22.4 Å². The van der Waals surface area contributed by atoms with E-state index in [2.05, 4.69) is 20.8 Å². The summed E-state index contributed by atoms with van der Waals surface area (Å²) < 4.78 is 52.0. The minimum absolute atomic E-state index is 0.0113. The maximum absolute atomic E-state index is 13.4. The van der Waals surface area contributed by atoms with Crippen molar-refractivity contribution in [1.29, 1.82) is 0 Å². The molecule has 2 aromatic rings. The van der Waals surface area contributed by atoms with Gasteiger partial charge in [0.1, 0.15) is 5.69 Å². The van der Waals surface area contributed by atoms with E-state index < -0.39 is 29.7 Å². The Morgan fingerprint density at radius 1 is 1.17 bits per heavy atom. The molecule has 0 saturated carbocycles. The van der Waals surface area contributed by atoms with Gasteiger partial charge < -0.3 is 10.6 Å². The highest BCUT2D eigenvalue weighted by Crippen LogP contribution is 2.26. The lowest BCUT2D eigenvalue weighted by atomic mass is 10.2. The lowest BCUT2D eigenvalue weighted by Gasteiger charge is -2.13. The van der Waals surface area contributed by atoms with Crippen LogP contribution in [-0.4, -0.2) is 22.6 Å². The first kappa shape index (κ1) is 17.6. The summed E-state index contributed by atoms with van der Waals surface area (Å²) in [5.41, 5.74) is -0.660. The van der Waals surface area contributed by atoms with Crippen LogP contribution >= 0.6 is 0 Å². The van der Waals surface area contributed by atoms with Crippen LogP contribution in [0, 0.1) is 11.6 Å². The maximum atomic E-state index is 13.4. The van der Waals surface area contributed by atoms with Crippen molar-refractivity contribution in [2.75, 3.05) is 17.2 Å². The number of halogens is 4. The number of hydrogen-bond acceptors (Lipinski definition) is 4. The maximum Gasteiger partial charge on any atom is 0.282 e. The predicted octanol–water partition coefficient (Wildman–Crippen LogP) is 3.77. The van der Waals surface area contributed by atoms with E-state index in [4.69, 9.17) is 0 Å². The minimum Gasteiger partial charge on any atom is -0.383 e. The third-order valence-electron chi connectivity index (χ3n) is 3.03. The van der Waals surface area contributed by atoms with Gasteiger partial charge in [0.05, 0.1) is 23.1 Å². The SMILES string of the molecule is CCCNc1cc(F)c(F)cc1NC(=O)c1cnnc(C(F)F)c1. The molecule has 0 aliphatic rings. The summed E-state index contributed by atoms with van der Waals surface area (Å²) in [6, 6.07) is 2.61. The second-order valence-corrected chi connectivity index (χ2v) is 4.86. The summed E-state index contributed by atoms with van der Waals surface area (Å²) in [5.74, 6) is -3.01. The zero-order valence-corrected chi connectivity index (χ0v) is 12.6. The van der Waals surface area contributed by atoms with Crippen LogP contribution in [0.3, 0.4) is 0 Å². The second-order valence-electron chi connectivity index (χ2n) is 4.86. The summed E-state index contributed by atoms with van der Waals surface area (Å²) in [5, 5.41) is 11.7. The highest BCUT2D eigenvalue weighted by molar-refractivity contribution is 6.05. The third-order valence-corrected chi connectivity index (χ3v) is 3.03. The van der Waals surface area contributed by atoms with Gasteiger partial charge in [-0.25, -0.2) is 17.6 Å². The number of aromatic nitrogens is 2. The number of hydrogen-bond donors (Lipinski definition) is 2. The molecule has 1 heterocycles. The molecule has 5 nitrogen and oxygen atoms in total. The van der Waals surface area contributed by atoms with Crippen molar-refractivity contribution in [1.82, 2.24) is 10.2 Å². The normalized spacial score (nSPS) is 10.8. The Morgan fingerprint density at radius 3 is 2.46 bits per heavy atom. The van der Waals surface area contributed by atoms with Gasteiger partial charge in [0.2, 0.25) is 0 Å². The first-order chi connectivity index (χ1) is 11.4. The summed E-state index contributed by atoms with van der Waals surface area (Å²) in [7, 11) is 0. The van der Waals surface area contributed by atoms with Gasteiger partial charge in [-0.1, -0.05) is 6.92 Å². The third kappa shape index (κ3) is 4.18. The van der Waals surface area contributed by atoms with E-state index in [1.807, 2.05) is 6.92 Å². The lowest BCUT2D eigenvalue weighted by Crippen LogP contribution is -2.15. The van der Waals surface area contributed by atoms with Gasteiger partial charge >= 0.3 is 0 Å². The molecule has 0 saturated heterocycles. The largest absolute Gasteiger partial charge is 0.383 e. The number of amides is 1. The van der Waals surface area contributed by atoms with E-state index in [1.54, 1.807) is 0 Å². The molecule has 0 unspecified atom stereocenters. The van der Waals surface area contributed by atoms with Gasteiger partial charge in [0.15, 0.2) is 11.6 Å². The molecule has 0 fully saturated rings. The van der Waals surface area contributed by atoms with Crippen LogP contribution in [0.15, 0.2) is 24.4 Å². The molecule has 0 atom stereocenters. The number of alkyl halides is 2. The van der Waals surface area contributed by atoms with Crippen LogP contribution in [0.5, 0.6) is 0 Å². The first-order valence-electron chi connectivity index (χ1n) is 7.07. The molecule has 0 aliphatic heterocycles. The number of carbonyl (C=O) groups excluding carboxylic acids is 1. The predicted molar refractivity (Wildman–Crippen MR) is 80.1 cm³/mol. The van der Waals surface area contributed by atoms with Crippen molar-refractivity contribution in [2.24, 2.45) is 0 Å². The van der Waals surface area contributed by atoms with Crippen molar-refractivity contribution in [3.63, 3.8) is 0 Å². The number of benzene rings is 1. The molecule has 1 aromatic carbocycles. The molecular weight excluding hydrogens is 328 g/mol. The van der Waals surface area contributed by atoms with Crippen LogP contribution < -0.4 is 10.6 Å². The molecule has 0 bridgehead atoms. The fourth-order valence-electron chi connectivity index (χ4n) is 1.86. The van der Waals surface area contributed by atoms with Crippen molar-refractivity contribution in [3.05, 3.63) is 47.3 Å². The van der Waals surface area contributed by atoms with E-state index in [0.717, 1.165) is 30.8 Å². The molecule has 128 valence electrons. The topological polar surface area (TPSA) is 66.9 Å². The fraction of sp³-hybridized carbons (Fsp3) is 0.267. The fourth-order valence-corrected chi connectivity index (χ4v) is 1.86. The first-order valence-corrected chi connectivity index (χ1v) is 7.07. The average molecular weight is 342 g/mol. The zero-order chi connectivity index (χ0) is 17.7. The van der Waals surface area contributed by atoms with Crippen LogP contribution in [0.2, 0.25) is 0 Å². The van der Waals surface area contributed by atoms with Gasteiger partial charge in [-0.15, -0.1) is 5.10 Å². The highest BCUT2D eigenvalue weighted by atomic mass is 19.3. The second kappa shape index (κ2) is 7.71. The Balaban J connectivity index is 2.27. The van der Waals surface area contributed by atoms with Crippen LogP contribution in [0.25, 0.3) is 0 Å². The molecule has 2 rings (SSSR count). The number of nitrogens with zero attached hydrogens (tertiary/aromatic N) is 2. The van der Waals surface area contributed by atoms with Crippen LogP contribution in [0.4, 0.5) is 28.9 Å². The van der Waals surface area contributed by atoms with E-state index in [1.165, 1.54) is 0 Å². The lowest BCUT2D eigenvalue weighted by molar-refractivity contribution is 0.102. The molecule has 0 spiro atoms. The standard InChI is InChI=1S/C15H14F4N4O/c1-2-3-20-11-5-9(16)10(17)6-12(11)22-15(24)8-4-13(14(18)19)23-21-7-8/h4-7,14,20H,2-3H2,1H3,(H,22,24). The molecule has 0 aliphatic carbocycles. The van der Waals surface area contributed by atoms with Gasteiger partial charge in [0.25, 0.3) is 12.3 Å². The van der Waals surface area contributed by atoms with E-state index in [9.17, 15) is 22.4 Å². The van der Waals surface area contributed by atoms with Gasteiger partial charge in [-0.05, 0) is 12.5 Å². The summed E-state index contributed by atoms with van der Waals surface area (Å²) >= 11 is 0. The van der Waals surface area contributed by atoms with Crippen molar-refractivity contribution in [2.45, 2.75) is 19.8 Å². The molecule has 1 amide bonds. The van der Waals surface area contributed by atoms with E-state index >= 15 is 0 Å². The number of carbonyl (C=O) groups is 1. The minimum atomic E-state index is -2.88. The summed E-state index contributed by atoms with van der Waals surface area (Å²) in [6.45, 7) is 2.35.